The lowest BCUT2D eigenvalue weighted by molar-refractivity contribution is -0.151. The van der Waals surface area contributed by atoms with E-state index in [0.717, 1.165) is 5.56 Å². The van der Waals surface area contributed by atoms with Gasteiger partial charge in [-0.15, -0.1) is 0 Å². The first-order chi connectivity index (χ1) is 12.0. The zero-order valence-electron chi connectivity index (χ0n) is 13.8. The smallest absolute Gasteiger partial charge is 0.309 e. The number of carbonyl (C=O) groups excluding carboxylic acids is 1. The minimum absolute atomic E-state index is 0.0556. The predicted octanol–water partition coefficient (Wildman–Crippen LogP) is 1.90. The number of nitrogens with zero attached hydrogens (tertiary/aromatic N) is 3. The van der Waals surface area contributed by atoms with Crippen LogP contribution in [0.25, 0.3) is 11.5 Å². The van der Waals surface area contributed by atoms with Gasteiger partial charge in [0.2, 0.25) is 15.8 Å². The molecule has 10 heteroatoms. The molecule has 0 saturated carbocycles. The van der Waals surface area contributed by atoms with Crippen LogP contribution in [0.2, 0.25) is 0 Å². The fraction of sp³-hybridized carbons (Fsp3) is 0.533. The molecule has 2 aromatic heterocycles. The SMILES string of the molecule is CCS(=O)(=O)N1CCC(C(=O)OCc2noc(-c3ccsc3)n2)CC1. The number of hydrogen-bond acceptors (Lipinski definition) is 8. The molecule has 2 aromatic rings. The molecule has 1 saturated heterocycles. The van der Waals surface area contributed by atoms with Crippen LogP contribution >= 0.6 is 11.3 Å². The number of esters is 1. The molecule has 3 heterocycles. The van der Waals surface area contributed by atoms with Crippen LogP contribution in [-0.4, -0.2) is 47.7 Å². The first kappa shape index (κ1) is 18.0. The summed E-state index contributed by atoms with van der Waals surface area (Å²) in [5.41, 5.74) is 0.833. The van der Waals surface area contributed by atoms with E-state index >= 15 is 0 Å². The largest absolute Gasteiger partial charge is 0.457 e. The minimum Gasteiger partial charge on any atom is -0.457 e. The second-order valence-electron chi connectivity index (χ2n) is 5.71. The molecule has 1 aliphatic heterocycles. The lowest BCUT2D eigenvalue weighted by Crippen LogP contribution is -2.41. The molecule has 0 radical (unpaired) electrons. The Balaban J connectivity index is 1.49. The zero-order valence-corrected chi connectivity index (χ0v) is 15.4. The van der Waals surface area contributed by atoms with Crippen molar-refractivity contribution in [2.45, 2.75) is 26.4 Å². The van der Waals surface area contributed by atoms with Crippen molar-refractivity contribution in [3.05, 3.63) is 22.7 Å². The summed E-state index contributed by atoms with van der Waals surface area (Å²) in [7, 11) is -3.19. The van der Waals surface area contributed by atoms with Crippen molar-refractivity contribution >= 4 is 27.3 Å². The second-order valence-corrected chi connectivity index (χ2v) is 8.75. The standard InChI is InChI=1S/C15H19N3O5S2/c1-2-25(20,21)18-6-3-11(4-7-18)15(19)22-9-13-16-14(23-17-13)12-5-8-24-10-12/h5,8,10-11H,2-4,6-7,9H2,1H3. The molecule has 1 aliphatic rings. The summed E-state index contributed by atoms with van der Waals surface area (Å²) in [6.45, 7) is 2.26. The van der Waals surface area contributed by atoms with Crippen molar-refractivity contribution in [1.29, 1.82) is 0 Å². The molecule has 0 N–H and O–H groups in total. The molecule has 0 atom stereocenters. The number of aromatic nitrogens is 2. The highest BCUT2D eigenvalue weighted by Crippen LogP contribution is 2.22. The molecular weight excluding hydrogens is 366 g/mol. The molecule has 0 aliphatic carbocycles. The van der Waals surface area contributed by atoms with E-state index in [0.29, 0.717) is 37.6 Å². The van der Waals surface area contributed by atoms with Gasteiger partial charge in [0.05, 0.1) is 17.2 Å². The maximum atomic E-state index is 12.2. The highest BCUT2D eigenvalue weighted by atomic mass is 32.2. The van der Waals surface area contributed by atoms with Gasteiger partial charge in [-0.2, -0.15) is 16.3 Å². The Morgan fingerprint density at radius 2 is 2.20 bits per heavy atom. The van der Waals surface area contributed by atoms with Gasteiger partial charge in [0.25, 0.3) is 5.89 Å². The molecule has 25 heavy (non-hydrogen) atoms. The van der Waals surface area contributed by atoms with Gasteiger partial charge in [-0.05, 0) is 31.2 Å². The first-order valence-corrected chi connectivity index (χ1v) is 10.5. The van der Waals surface area contributed by atoms with E-state index in [9.17, 15) is 13.2 Å². The predicted molar refractivity (Wildman–Crippen MR) is 91.2 cm³/mol. The fourth-order valence-electron chi connectivity index (χ4n) is 2.62. The molecule has 0 aromatic carbocycles. The Bertz CT molecular complexity index is 808. The van der Waals surface area contributed by atoms with E-state index in [1.807, 2.05) is 16.8 Å². The quantitative estimate of drug-likeness (QED) is 0.700. The number of rotatable bonds is 6. The highest BCUT2D eigenvalue weighted by Gasteiger charge is 2.31. The fourth-order valence-corrected chi connectivity index (χ4v) is 4.38. The number of carbonyl (C=O) groups is 1. The average molecular weight is 385 g/mol. The third-order valence-corrected chi connectivity index (χ3v) is 6.69. The van der Waals surface area contributed by atoms with E-state index in [1.165, 1.54) is 15.6 Å². The van der Waals surface area contributed by atoms with Crippen molar-refractivity contribution < 1.29 is 22.5 Å². The minimum atomic E-state index is -3.19. The van der Waals surface area contributed by atoms with Gasteiger partial charge in [0.15, 0.2) is 6.61 Å². The Morgan fingerprint density at radius 1 is 1.44 bits per heavy atom. The Morgan fingerprint density at radius 3 is 2.84 bits per heavy atom. The maximum Gasteiger partial charge on any atom is 0.309 e. The summed E-state index contributed by atoms with van der Waals surface area (Å²) >= 11 is 1.52. The normalized spacial score (nSPS) is 16.8. The van der Waals surface area contributed by atoms with E-state index in [4.69, 9.17) is 9.26 Å². The van der Waals surface area contributed by atoms with Gasteiger partial charge in [-0.1, -0.05) is 5.16 Å². The molecule has 0 spiro atoms. The number of ether oxygens (including phenoxy) is 1. The summed E-state index contributed by atoms with van der Waals surface area (Å²) in [6, 6.07) is 1.87. The van der Waals surface area contributed by atoms with E-state index in [2.05, 4.69) is 10.1 Å². The van der Waals surface area contributed by atoms with Crippen molar-refractivity contribution in [3.8, 4) is 11.5 Å². The number of hydrogen-bond donors (Lipinski definition) is 0. The van der Waals surface area contributed by atoms with E-state index < -0.39 is 10.0 Å². The van der Waals surface area contributed by atoms with E-state index in [-0.39, 0.29) is 24.2 Å². The van der Waals surface area contributed by atoms with Crippen molar-refractivity contribution in [2.75, 3.05) is 18.8 Å². The summed E-state index contributed by atoms with van der Waals surface area (Å²) in [4.78, 5) is 16.3. The lowest BCUT2D eigenvalue weighted by atomic mass is 9.98. The third kappa shape index (κ3) is 4.25. The summed E-state index contributed by atoms with van der Waals surface area (Å²) < 4.78 is 35.5. The summed E-state index contributed by atoms with van der Waals surface area (Å²) in [5.74, 6) is 0.125. The first-order valence-electron chi connectivity index (χ1n) is 7.99. The summed E-state index contributed by atoms with van der Waals surface area (Å²) in [6.07, 6.45) is 0.926. The van der Waals surface area contributed by atoms with Crippen LogP contribution < -0.4 is 0 Å². The molecule has 8 nitrogen and oxygen atoms in total. The van der Waals surface area contributed by atoms with Crippen LogP contribution in [0.5, 0.6) is 0 Å². The average Bonchev–Trinajstić information content (AvgIpc) is 3.31. The van der Waals surface area contributed by atoms with Crippen LogP contribution in [0.4, 0.5) is 0 Å². The molecule has 0 amide bonds. The Hall–Kier alpha value is -1.78. The highest BCUT2D eigenvalue weighted by molar-refractivity contribution is 7.89. The molecule has 0 bridgehead atoms. The second kappa shape index (κ2) is 7.63. The molecular formula is C15H19N3O5S2. The van der Waals surface area contributed by atoms with Gasteiger partial charge in [-0.25, -0.2) is 12.7 Å². The van der Waals surface area contributed by atoms with Gasteiger partial charge in [-0.3, -0.25) is 4.79 Å². The maximum absolute atomic E-state index is 12.2. The monoisotopic (exact) mass is 385 g/mol. The van der Waals surface area contributed by atoms with Crippen molar-refractivity contribution in [2.24, 2.45) is 5.92 Å². The van der Waals surface area contributed by atoms with Crippen LogP contribution in [0.1, 0.15) is 25.6 Å². The number of thiophene rings is 1. The summed E-state index contributed by atoms with van der Waals surface area (Å²) in [5, 5.41) is 7.60. The third-order valence-electron chi connectivity index (χ3n) is 4.13. The van der Waals surface area contributed by atoms with Gasteiger partial charge >= 0.3 is 5.97 Å². The number of piperidine rings is 1. The van der Waals surface area contributed by atoms with Gasteiger partial charge < -0.3 is 9.26 Å². The molecule has 0 unspecified atom stereocenters. The molecule has 3 rings (SSSR count). The van der Waals surface area contributed by atoms with Crippen molar-refractivity contribution in [1.82, 2.24) is 14.4 Å². The Kier molecular flexibility index (Phi) is 5.50. The Labute approximate surface area is 149 Å². The van der Waals surface area contributed by atoms with Crippen LogP contribution in [-0.2, 0) is 26.2 Å². The van der Waals surface area contributed by atoms with Gasteiger partial charge in [0, 0.05) is 18.5 Å². The number of sulfonamides is 1. The van der Waals surface area contributed by atoms with Crippen LogP contribution in [0.3, 0.4) is 0 Å². The zero-order chi connectivity index (χ0) is 17.9. The van der Waals surface area contributed by atoms with Gasteiger partial charge in [0.1, 0.15) is 0 Å². The van der Waals surface area contributed by atoms with Crippen LogP contribution in [0.15, 0.2) is 21.3 Å². The van der Waals surface area contributed by atoms with E-state index in [1.54, 1.807) is 6.92 Å². The van der Waals surface area contributed by atoms with Crippen molar-refractivity contribution in [3.63, 3.8) is 0 Å². The molecule has 1 fully saturated rings. The topological polar surface area (TPSA) is 103 Å². The van der Waals surface area contributed by atoms with Crippen LogP contribution in [0, 0.1) is 5.92 Å². The lowest BCUT2D eigenvalue weighted by Gasteiger charge is -2.29. The molecule has 136 valence electrons.